The number of sulfonamides is 1. The topological polar surface area (TPSA) is 84.5 Å². The number of hydrogen-bond acceptors (Lipinski definition) is 4. The third-order valence-electron chi connectivity index (χ3n) is 4.22. The Labute approximate surface area is 161 Å². The second-order valence-corrected chi connectivity index (χ2v) is 8.29. The van der Waals surface area contributed by atoms with Crippen LogP contribution in [0.3, 0.4) is 0 Å². The number of ether oxygens (including phenoxy) is 1. The van der Waals surface area contributed by atoms with Gasteiger partial charge in [-0.15, -0.1) is 0 Å². The highest BCUT2D eigenvalue weighted by molar-refractivity contribution is 7.89. The Morgan fingerprint density at radius 3 is 2.15 bits per heavy atom. The van der Waals surface area contributed by atoms with Gasteiger partial charge in [-0.25, -0.2) is 8.42 Å². The highest BCUT2D eigenvalue weighted by Crippen LogP contribution is 2.21. The van der Waals surface area contributed by atoms with E-state index < -0.39 is 22.0 Å². The second-order valence-electron chi connectivity index (χ2n) is 6.64. The van der Waals surface area contributed by atoms with E-state index in [2.05, 4.69) is 10.0 Å². The molecular formula is C20H26N2O4S. The van der Waals surface area contributed by atoms with Gasteiger partial charge in [0.1, 0.15) is 5.75 Å². The Morgan fingerprint density at radius 1 is 1.07 bits per heavy atom. The Kier molecular flexibility index (Phi) is 6.62. The maximum atomic E-state index is 12.7. The van der Waals surface area contributed by atoms with Crippen LogP contribution < -0.4 is 14.8 Å². The molecule has 1 unspecified atom stereocenters. The van der Waals surface area contributed by atoms with Crippen LogP contribution in [0.1, 0.15) is 29.2 Å². The van der Waals surface area contributed by atoms with Crippen LogP contribution in [0.25, 0.3) is 0 Å². The summed E-state index contributed by atoms with van der Waals surface area (Å²) in [5.41, 5.74) is 3.20. The molecule has 0 aliphatic rings. The van der Waals surface area contributed by atoms with Crippen LogP contribution >= 0.6 is 0 Å². The standard InChI is InChI=1S/C20H26N2O4S/c1-13-10-14(2)19(15(3)11-13)27(24,25)22-16(4)20(23)21-12-17-6-8-18(26-5)9-7-17/h6-11,16,22H,12H2,1-5H3,(H,21,23). The molecular weight excluding hydrogens is 364 g/mol. The van der Waals surface area contributed by atoms with Crippen LogP contribution in [0.4, 0.5) is 0 Å². The van der Waals surface area contributed by atoms with Crippen LogP contribution in [-0.4, -0.2) is 27.5 Å². The summed E-state index contributed by atoms with van der Waals surface area (Å²) in [5.74, 6) is 0.340. The molecule has 27 heavy (non-hydrogen) atoms. The van der Waals surface area contributed by atoms with Gasteiger partial charge in [-0.1, -0.05) is 29.8 Å². The van der Waals surface area contributed by atoms with Crippen molar-refractivity contribution in [3.63, 3.8) is 0 Å². The maximum Gasteiger partial charge on any atom is 0.241 e. The van der Waals surface area contributed by atoms with Crippen LogP contribution in [0.2, 0.25) is 0 Å². The summed E-state index contributed by atoms with van der Waals surface area (Å²) in [7, 11) is -2.22. The van der Waals surface area contributed by atoms with Gasteiger partial charge < -0.3 is 10.1 Å². The molecule has 0 aromatic heterocycles. The molecule has 1 atom stereocenters. The predicted octanol–water partition coefficient (Wildman–Crippen LogP) is 2.60. The summed E-state index contributed by atoms with van der Waals surface area (Å²) >= 11 is 0. The number of hydrogen-bond donors (Lipinski definition) is 2. The van der Waals surface area contributed by atoms with Crippen molar-refractivity contribution < 1.29 is 17.9 Å². The quantitative estimate of drug-likeness (QED) is 0.761. The molecule has 0 radical (unpaired) electrons. The number of carbonyl (C=O) groups excluding carboxylic acids is 1. The number of aryl methyl sites for hydroxylation is 3. The van der Waals surface area contributed by atoms with E-state index in [4.69, 9.17) is 4.74 Å². The first-order valence-electron chi connectivity index (χ1n) is 8.65. The fourth-order valence-corrected chi connectivity index (χ4v) is 4.68. The number of methoxy groups -OCH3 is 1. The SMILES string of the molecule is COc1ccc(CNC(=O)C(C)NS(=O)(=O)c2c(C)cc(C)cc2C)cc1. The van der Waals surface area contributed by atoms with Crippen molar-refractivity contribution in [3.8, 4) is 5.75 Å². The van der Waals surface area contributed by atoms with Gasteiger partial charge in [0.05, 0.1) is 18.0 Å². The zero-order valence-corrected chi connectivity index (χ0v) is 17.1. The van der Waals surface area contributed by atoms with E-state index in [1.807, 2.05) is 31.2 Å². The summed E-state index contributed by atoms with van der Waals surface area (Å²) in [6.07, 6.45) is 0. The Morgan fingerprint density at radius 2 is 1.63 bits per heavy atom. The first-order chi connectivity index (χ1) is 12.6. The average Bonchev–Trinajstić information content (AvgIpc) is 2.58. The molecule has 0 spiro atoms. The molecule has 0 heterocycles. The van der Waals surface area contributed by atoms with Gasteiger partial charge in [0.2, 0.25) is 15.9 Å². The number of carbonyl (C=O) groups is 1. The fourth-order valence-electron chi connectivity index (χ4n) is 3.02. The first kappa shape index (κ1) is 20.9. The van der Waals surface area contributed by atoms with Crippen LogP contribution in [0.5, 0.6) is 5.75 Å². The lowest BCUT2D eigenvalue weighted by molar-refractivity contribution is -0.122. The highest BCUT2D eigenvalue weighted by Gasteiger charge is 2.25. The van der Waals surface area contributed by atoms with Crippen LogP contribution in [0, 0.1) is 20.8 Å². The Hall–Kier alpha value is -2.38. The first-order valence-corrected chi connectivity index (χ1v) is 10.1. The summed E-state index contributed by atoms with van der Waals surface area (Å²) in [6.45, 7) is 7.25. The van der Waals surface area contributed by atoms with Crippen molar-refractivity contribution in [2.24, 2.45) is 0 Å². The molecule has 0 fully saturated rings. The lowest BCUT2D eigenvalue weighted by atomic mass is 10.1. The molecule has 2 aromatic carbocycles. The van der Waals surface area contributed by atoms with Gasteiger partial charge in [0, 0.05) is 6.54 Å². The number of benzene rings is 2. The van der Waals surface area contributed by atoms with E-state index in [0.29, 0.717) is 17.7 Å². The van der Waals surface area contributed by atoms with E-state index in [0.717, 1.165) is 16.9 Å². The van der Waals surface area contributed by atoms with Crippen LogP contribution in [-0.2, 0) is 21.4 Å². The normalized spacial score (nSPS) is 12.5. The van der Waals surface area contributed by atoms with E-state index in [1.165, 1.54) is 6.92 Å². The molecule has 0 saturated carbocycles. The van der Waals surface area contributed by atoms with Crippen LogP contribution in [0.15, 0.2) is 41.3 Å². The molecule has 2 rings (SSSR count). The molecule has 0 aliphatic heterocycles. The summed E-state index contributed by atoms with van der Waals surface area (Å²) in [6, 6.07) is 10.0. The van der Waals surface area contributed by atoms with Crippen molar-refractivity contribution in [1.82, 2.24) is 10.0 Å². The van der Waals surface area contributed by atoms with Crippen molar-refractivity contribution in [2.75, 3.05) is 7.11 Å². The van der Waals surface area contributed by atoms with Gasteiger partial charge >= 0.3 is 0 Å². The van der Waals surface area contributed by atoms with E-state index in [1.54, 1.807) is 33.1 Å². The summed E-state index contributed by atoms with van der Waals surface area (Å²) in [5, 5.41) is 2.74. The molecule has 2 aromatic rings. The van der Waals surface area contributed by atoms with E-state index in [-0.39, 0.29) is 4.90 Å². The Bertz CT molecular complexity index is 898. The second kappa shape index (κ2) is 8.54. The molecule has 7 heteroatoms. The lowest BCUT2D eigenvalue weighted by Gasteiger charge is -2.17. The third kappa shape index (κ3) is 5.30. The summed E-state index contributed by atoms with van der Waals surface area (Å²) < 4.78 is 33.0. The minimum Gasteiger partial charge on any atom is -0.497 e. The monoisotopic (exact) mass is 390 g/mol. The van der Waals surface area contributed by atoms with Gasteiger partial charge in [0.25, 0.3) is 0 Å². The largest absolute Gasteiger partial charge is 0.497 e. The average molecular weight is 391 g/mol. The molecule has 1 amide bonds. The van der Waals surface area contributed by atoms with Gasteiger partial charge in [0.15, 0.2) is 0 Å². The lowest BCUT2D eigenvalue weighted by Crippen LogP contribution is -2.44. The molecule has 0 saturated heterocycles. The number of nitrogens with one attached hydrogen (secondary N) is 2. The molecule has 0 bridgehead atoms. The molecule has 6 nitrogen and oxygen atoms in total. The minimum atomic E-state index is -3.80. The maximum absolute atomic E-state index is 12.7. The third-order valence-corrected chi connectivity index (χ3v) is 6.07. The summed E-state index contributed by atoms with van der Waals surface area (Å²) in [4.78, 5) is 12.5. The van der Waals surface area contributed by atoms with Crippen molar-refractivity contribution >= 4 is 15.9 Å². The molecule has 146 valence electrons. The molecule has 0 aliphatic carbocycles. The smallest absolute Gasteiger partial charge is 0.241 e. The van der Waals surface area contributed by atoms with Gasteiger partial charge in [-0.2, -0.15) is 4.72 Å². The van der Waals surface area contributed by atoms with Gasteiger partial charge in [-0.05, 0) is 56.5 Å². The highest BCUT2D eigenvalue weighted by atomic mass is 32.2. The van der Waals surface area contributed by atoms with Crippen molar-refractivity contribution in [1.29, 1.82) is 0 Å². The number of amides is 1. The molecule has 2 N–H and O–H groups in total. The van der Waals surface area contributed by atoms with Gasteiger partial charge in [-0.3, -0.25) is 4.79 Å². The zero-order valence-electron chi connectivity index (χ0n) is 16.3. The van der Waals surface area contributed by atoms with Crippen molar-refractivity contribution in [2.45, 2.75) is 45.2 Å². The number of rotatable bonds is 7. The zero-order chi connectivity index (χ0) is 20.2. The predicted molar refractivity (Wildman–Crippen MR) is 105 cm³/mol. The van der Waals surface area contributed by atoms with E-state index >= 15 is 0 Å². The fraction of sp³-hybridized carbons (Fsp3) is 0.350. The van der Waals surface area contributed by atoms with Crippen molar-refractivity contribution in [3.05, 3.63) is 58.7 Å². The van der Waals surface area contributed by atoms with E-state index in [9.17, 15) is 13.2 Å². The minimum absolute atomic E-state index is 0.225. The Balaban J connectivity index is 2.04.